The first-order valence-corrected chi connectivity index (χ1v) is 5.14. The van der Waals surface area contributed by atoms with Gasteiger partial charge in [-0.3, -0.25) is 4.98 Å². The largest absolute Gasteiger partial charge is 0.369 e. The minimum atomic E-state index is 0. The first kappa shape index (κ1) is 11.9. The molecular formula is C12H13BrN4. The van der Waals surface area contributed by atoms with Crippen LogP contribution in [-0.2, 0) is 7.05 Å². The van der Waals surface area contributed by atoms with Gasteiger partial charge in [-0.1, -0.05) is 0 Å². The molecule has 0 fully saturated rings. The summed E-state index contributed by atoms with van der Waals surface area (Å²) in [5.74, 6) is 0.537. The summed E-state index contributed by atoms with van der Waals surface area (Å²) in [4.78, 5) is 8.74. The van der Waals surface area contributed by atoms with Gasteiger partial charge in [-0.15, -0.1) is 17.0 Å². The summed E-state index contributed by atoms with van der Waals surface area (Å²) >= 11 is 0. The highest BCUT2D eigenvalue weighted by Gasteiger charge is 2.11. The topological polar surface area (TPSA) is 56.7 Å². The fourth-order valence-corrected chi connectivity index (χ4v) is 2.16. The second kappa shape index (κ2) is 4.00. The van der Waals surface area contributed by atoms with E-state index >= 15 is 0 Å². The van der Waals surface area contributed by atoms with Gasteiger partial charge in [0.15, 0.2) is 0 Å². The van der Waals surface area contributed by atoms with Crippen LogP contribution in [0, 0.1) is 6.92 Å². The van der Waals surface area contributed by atoms with Crippen molar-refractivity contribution in [1.29, 1.82) is 0 Å². The molecule has 0 atom stereocenters. The maximum Gasteiger partial charge on any atom is 0.200 e. The zero-order valence-electron chi connectivity index (χ0n) is 9.64. The fourth-order valence-electron chi connectivity index (χ4n) is 2.16. The molecule has 3 aromatic rings. The number of fused-ring (bicyclic) bond motifs is 3. The van der Waals surface area contributed by atoms with Crippen molar-refractivity contribution in [2.75, 3.05) is 5.73 Å². The second-order valence-electron chi connectivity index (χ2n) is 3.99. The summed E-state index contributed by atoms with van der Waals surface area (Å²) in [5.41, 5.74) is 9.97. The van der Waals surface area contributed by atoms with Crippen LogP contribution in [0.25, 0.3) is 21.9 Å². The summed E-state index contributed by atoms with van der Waals surface area (Å²) < 4.78 is 1.91. The van der Waals surface area contributed by atoms with Crippen molar-refractivity contribution in [3.05, 3.63) is 30.0 Å². The van der Waals surface area contributed by atoms with E-state index in [9.17, 15) is 0 Å². The molecule has 2 aromatic heterocycles. The standard InChI is InChI=1S/C12H12N4.BrH/c1-7-6-9-8(4-3-5-14-9)10-11(7)16(2)12(13)15-10;/h3-6H,1-2H3,(H2,13,15);1H. The van der Waals surface area contributed by atoms with Crippen LogP contribution in [0.5, 0.6) is 0 Å². The number of rotatable bonds is 0. The molecule has 2 N–H and O–H groups in total. The third-order valence-electron chi connectivity index (χ3n) is 2.95. The van der Waals surface area contributed by atoms with E-state index in [1.54, 1.807) is 6.20 Å². The minimum absolute atomic E-state index is 0. The predicted octanol–water partition coefficient (Wildman–Crippen LogP) is 2.59. The van der Waals surface area contributed by atoms with E-state index in [2.05, 4.69) is 23.0 Å². The number of hydrogen-bond acceptors (Lipinski definition) is 3. The van der Waals surface area contributed by atoms with Crippen LogP contribution in [0.15, 0.2) is 24.4 Å². The van der Waals surface area contributed by atoms with Crippen molar-refractivity contribution in [3.63, 3.8) is 0 Å². The summed E-state index contributed by atoms with van der Waals surface area (Å²) in [7, 11) is 1.93. The number of benzene rings is 1. The van der Waals surface area contributed by atoms with Crippen molar-refractivity contribution in [1.82, 2.24) is 14.5 Å². The van der Waals surface area contributed by atoms with Gasteiger partial charge < -0.3 is 10.3 Å². The van der Waals surface area contributed by atoms with Gasteiger partial charge in [0.05, 0.1) is 11.0 Å². The summed E-state index contributed by atoms with van der Waals surface area (Å²) in [6.07, 6.45) is 1.79. The molecule has 0 bridgehead atoms. The fraction of sp³-hybridized carbons (Fsp3) is 0.167. The van der Waals surface area contributed by atoms with E-state index in [1.807, 2.05) is 23.7 Å². The van der Waals surface area contributed by atoms with E-state index in [0.29, 0.717) is 5.95 Å². The summed E-state index contributed by atoms with van der Waals surface area (Å²) in [5, 5.41) is 1.05. The monoisotopic (exact) mass is 292 g/mol. The van der Waals surface area contributed by atoms with Gasteiger partial charge in [0.25, 0.3) is 0 Å². The Morgan fingerprint density at radius 2 is 2.12 bits per heavy atom. The Bertz CT molecular complexity index is 702. The molecule has 0 aliphatic heterocycles. The summed E-state index contributed by atoms with van der Waals surface area (Å²) in [6, 6.07) is 6.01. The van der Waals surface area contributed by atoms with Crippen LogP contribution >= 0.6 is 17.0 Å². The van der Waals surface area contributed by atoms with Crippen LogP contribution in [0.3, 0.4) is 0 Å². The highest BCUT2D eigenvalue weighted by molar-refractivity contribution is 8.93. The molecule has 0 saturated heterocycles. The Balaban J connectivity index is 0.00000108. The van der Waals surface area contributed by atoms with E-state index in [-0.39, 0.29) is 17.0 Å². The normalized spacial score (nSPS) is 10.7. The number of aryl methyl sites for hydroxylation is 2. The molecule has 88 valence electrons. The minimum Gasteiger partial charge on any atom is -0.369 e. The number of aromatic nitrogens is 3. The lowest BCUT2D eigenvalue weighted by Crippen LogP contribution is -1.97. The van der Waals surface area contributed by atoms with Crippen LogP contribution < -0.4 is 5.73 Å². The van der Waals surface area contributed by atoms with Gasteiger partial charge in [-0.05, 0) is 30.7 Å². The Morgan fingerprint density at radius 1 is 1.35 bits per heavy atom. The molecule has 0 amide bonds. The highest BCUT2D eigenvalue weighted by atomic mass is 79.9. The van der Waals surface area contributed by atoms with E-state index in [0.717, 1.165) is 27.5 Å². The smallest absolute Gasteiger partial charge is 0.200 e. The number of hydrogen-bond donors (Lipinski definition) is 1. The number of halogens is 1. The Labute approximate surface area is 109 Å². The molecule has 2 heterocycles. The first-order chi connectivity index (χ1) is 7.68. The van der Waals surface area contributed by atoms with E-state index < -0.39 is 0 Å². The lowest BCUT2D eigenvalue weighted by atomic mass is 10.1. The molecule has 0 radical (unpaired) electrons. The third-order valence-corrected chi connectivity index (χ3v) is 2.95. The van der Waals surface area contributed by atoms with Crippen molar-refractivity contribution >= 4 is 44.9 Å². The van der Waals surface area contributed by atoms with Gasteiger partial charge in [0, 0.05) is 18.6 Å². The Morgan fingerprint density at radius 3 is 2.88 bits per heavy atom. The van der Waals surface area contributed by atoms with Crippen LogP contribution in [0.1, 0.15) is 5.56 Å². The van der Waals surface area contributed by atoms with Crippen LogP contribution in [0.4, 0.5) is 5.95 Å². The zero-order valence-corrected chi connectivity index (χ0v) is 11.3. The van der Waals surface area contributed by atoms with E-state index in [4.69, 9.17) is 5.73 Å². The molecule has 0 spiro atoms. The number of nitrogens with zero attached hydrogens (tertiary/aromatic N) is 3. The maximum absolute atomic E-state index is 5.84. The predicted molar refractivity (Wildman–Crippen MR) is 75.5 cm³/mol. The van der Waals surface area contributed by atoms with Gasteiger partial charge in [0.2, 0.25) is 5.95 Å². The van der Waals surface area contributed by atoms with Gasteiger partial charge >= 0.3 is 0 Å². The van der Waals surface area contributed by atoms with Gasteiger partial charge in [-0.25, -0.2) is 4.98 Å². The van der Waals surface area contributed by atoms with Crippen molar-refractivity contribution in [2.24, 2.45) is 7.05 Å². The average molecular weight is 293 g/mol. The average Bonchev–Trinajstić information content (AvgIpc) is 2.57. The third kappa shape index (κ3) is 1.58. The van der Waals surface area contributed by atoms with Crippen LogP contribution in [-0.4, -0.2) is 14.5 Å². The number of nitrogens with two attached hydrogens (primary N) is 1. The highest BCUT2D eigenvalue weighted by Crippen LogP contribution is 2.27. The van der Waals surface area contributed by atoms with Crippen molar-refractivity contribution < 1.29 is 0 Å². The van der Waals surface area contributed by atoms with Gasteiger partial charge in [-0.2, -0.15) is 0 Å². The molecule has 4 nitrogen and oxygen atoms in total. The summed E-state index contributed by atoms with van der Waals surface area (Å²) in [6.45, 7) is 2.05. The number of imidazole rings is 1. The molecule has 0 unspecified atom stereocenters. The first-order valence-electron chi connectivity index (χ1n) is 5.14. The molecule has 1 aromatic carbocycles. The zero-order chi connectivity index (χ0) is 11.3. The van der Waals surface area contributed by atoms with Gasteiger partial charge in [0.1, 0.15) is 5.52 Å². The second-order valence-corrected chi connectivity index (χ2v) is 3.99. The number of nitrogen functional groups attached to an aromatic ring is 1. The quantitative estimate of drug-likeness (QED) is 0.693. The Kier molecular flexibility index (Phi) is 2.79. The number of pyridine rings is 1. The maximum atomic E-state index is 5.84. The SMILES string of the molecule is Br.Cc1cc2ncccc2c2nc(N)n(C)c12. The van der Waals surface area contributed by atoms with E-state index in [1.165, 1.54) is 0 Å². The molecule has 0 saturated carbocycles. The molecule has 17 heavy (non-hydrogen) atoms. The Hall–Kier alpha value is -1.62. The van der Waals surface area contributed by atoms with Crippen molar-refractivity contribution in [3.8, 4) is 0 Å². The molecule has 0 aliphatic carbocycles. The molecule has 0 aliphatic rings. The lowest BCUT2D eigenvalue weighted by Gasteiger charge is -2.03. The lowest BCUT2D eigenvalue weighted by molar-refractivity contribution is 0.961. The molecule has 5 heteroatoms. The van der Waals surface area contributed by atoms with Crippen molar-refractivity contribution in [2.45, 2.75) is 6.92 Å². The molecular weight excluding hydrogens is 280 g/mol. The molecule has 3 rings (SSSR count). The van der Waals surface area contributed by atoms with Crippen LogP contribution in [0.2, 0.25) is 0 Å². The number of anilines is 1.